The maximum atomic E-state index is 13.1. The fourth-order valence-corrected chi connectivity index (χ4v) is 4.77. The Labute approximate surface area is 160 Å². The third-order valence-electron chi connectivity index (χ3n) is 5.97. The first-order valence-electron chi connectivity index (χ1n) is 9.88. The van der Waals surface area contributed by atoms with Crippen molar-refractivity contribution >= 4 is 23.5 Å². The van der Waals surface area contributed by atoms with Crippen LogP contribution >= 0.6 is 0 Å². The number of rotatable bonds is 4. The van der Waals surface area contributed by atoms with Crippen LogP contribution in [-0.2, 0) is 19.2 Å². The lowest BCUT2D eigenvalue weighted by Crippen LogP contribution is -2.51. The SMILES string of the molecule is CC(=O)N1CCCC1C(=O)N1CC(=O)C2C1CCN2C(=O)C(N)CC(C)C. The molecule has 0 aromatic carbocycles. The van der Waals surface area contributed by atoms with E-state index in [0.717, 1.165) is 6.42 Å². The molecule has 2 N–H and O–H groups in total. The zero-order valence-corrected chi connectivity index (χ0v) is 16.4. The third kappa shape index (κ3) is 3.59. The molecule has 0 aromatic rings. The van der Waals surface area contributed by atoms with Gasteiger partial charge < -0.3 is 20.4 Å². The van der Waals surface area contributed by atoms with Crippen molar-refractivity contribution in [2.75, 3.05) is 19.6 Å². The second-order valence-electron chi connectivity index (χ2n) is 8.37. The van der Waals surface area contributed by atoms with Crippen LogP contribution in [0.25, 0.3) is 0 Å². The normalized spacial score (nSPS) is 28.9. The van der Waals surface area contributed by atoms with E-state index < -0.39 is 18.1 Å². The smallest absolute Gasteiger partial charge is 0.246 e. The number of fused-ring (bicyclic) bond motifs is 1. The minimum atomic E-state index is -0.621. The van der Waals surface area contributed by atoms with Crippen LogP contribution < -0.4 is 5.73 Å². The van der Waals surface area contributed by atoms with Gasteiger partial charge >= 0.3 is 0 Å². The quantitative estimate of drug-likeness (QED) is 0.727. The van der Waals surface area contributed by atoms with Crippen LogP contribution in [0, 0.1) is 5.92 Å². The Hall–Kier alpha value is -1.96. The number of carbonyl (C=O) groups is 4. The molecular formula is C19H30N4O4. The van der Waals surface area contributed by atoms with Gasteiger partial charge in [0.05, 0.1) is 18.6 Å². The Balaban J connectivity index is 1.73. The summed E-state index contributed by atoms with van der Waals surface area (Å²) in [4.78, 5) is 55.0. The molecule has 8 heteroatoms. The molecule has 0 aromatic heterocycles. The van der Waals surface area contributed by atoms with Crippen molar-refractivity contribution < 1.29 is 19.2 Å². The van der Waals surface area contributed by atoms with Crippen LogP contribution in [0.3, 0.4) is 0 Å². The van der Waals surface area contributed by atoms with Gasteiger partial charge in [-0.3, -0.25) is 19.2 Å². The van der Waals surface area contributed by atoms with Crippen molar-refractivity contribution in [2.45, 2.75) is 70.6 Å². The monoisotopic (exact) mass is 378 g/mol. The number of Topliss-reactive ketones (excluding diaryl/α,β-unsaturated/α-hetero) is 1. The maximum Gasteiger partial charge on any atom is 0.246 e. The van der Waals surface area contributed by atoms with Gasteiger partial charge in [0.25, 0.3) is 0 Å². The molecule has 3 aliphatic heterocycles. The van der Waals surface area contributed by atoms with Gasteiger partial charge in [0.2, 0.25) is 17.7 Å². The second kappa shape index (κ2) is 7.58. The lowest BCUT2D eigenvalue weighted by atomic mass is 10.0. The number of hydrogen-bond donors (Lipinski definition) is 1. The molecule has 0 radical (unpaired) electrons. The molecule has 8 nitrogen and oxygen atoms in total. The Morgan fingerprint density at radius 3 is 2.44 bits per heavy atom. The average Bonchev–Trinajstić information content (AvgIpc) is 3.29. The van der Waals surface area contributed by atoms with E-state index in [1.54, 1.807) is 14.7 Å². The fourth-order valence-electron chi connectivity index (χ4n) is 4.77. The van der Waals surface area contributed by atoms with Crippen molar-refractivity contribution in [1.29, 1.82) is 0 Å². The molecule has 3 amide bonds. The first kappa shape index (κ1) is 19.8. The molecule has 3 fully saturated rings. The maximum absolute atomic E-state index is 13.1. The number of ketones is 1. The summed E-state index contributed by atoms with van der Waals surface area (Å²) in [5.74, 6) is -0.298. The highest BCUT2D eigenvalue weighted by molar-refractivity contribution is 5.99. The van der Waals surface area contributed by atoms with Crippen LogP contribution in [0.4, 0.5) is 0 Å². The Morgan fingerprint density at radius 1 is 1.11 bits per heavy atom. The van der Waals surface area contributed by atoms with E-state index in [4.69, 9.17) is 5.73 Å². The van der Waals surface area contributed by atoms with Crippen LogP contribution in [0.2, 0.25) is 0 Å². The van der Waals surface area contributed by atoms with Crippen LogP contribution in [0.5, 0.6) is 0 Å². The standard InChI is InChI=1S/C19H30N4O4/c1-11(2)9-13(20)18(26)22-8-6-14-17(22)16(25)10-23(14)19(27)15-5-4-7-21(15)12(3)24/h11,13-15,17H,4-10,20H2,1-3H3. The van der Waals surface area contributed by atoms with E-state index in [1.807, 2.05) is 13.8 Å². The summed E-state index contributed by atoms with van der Waals surface area (Å²) < 4.78 is 0. The summed E-state index contributed by atoms with van der Waals surface area (Å²) in [6, 6.07) is -1.99. The fraction of sp³-hybridized carbons (Fsp3) is 0.789. The van der Waals surface area contributed by atoms with Gasteiger partial charge in [-0.25, -0.2) is 0 Å². The highest BCUT2D eigenvalue weighted by Gasteiger charge is 2.53. The topological polar surface area (TPSA) is 104 Å². The lowest BCUT2D eigenvalue weighted by molar-refractivity contribution is -0.143. The molecule has 3 heterocycles. The van der Waals surface area contributed by atoms with E-state index in [1.165, 1.54) is 6.92 Å². The van der Waals surface area contributed by atoms with Gasteiger partial charge in [-0.1, -0.05) is 13.8 Å². The molecule has 3 aliphatic rings. The van der Waals surface area contributed by atoms with Gasteiger partial charge in [-0.05, 0) is 31.6 Å². The van der Waals surface area contributed by atoms with E-state index in [2.05, 4.69) is 0 Å². The summed E-state index contributed by atoms with van der Waals surface area (Å²) in [6.07, 6.45) is 2.57. The molecule has 3 saturated heterocycles. The largest absolute Gasteiger partial charge is 0.331 e. The molecule has 3 rings (SSSR count). The van der Waals surface area contributed by atoms with Gasteiger partial charge in [0, 0.05) is 20.0 Å². The van der Waals surface area contributed by atoms with Crippen molar-refractivity contribution in [3.8, 4) is 0 Å². The highest BCUT2D eigenvalue weighted by Crippen LogP contribution is 2.32. The Morgan fingerprint density at radius 2 is 1.81 bits per heavy atom. The Kier molecular flexibility index (Phi) is 5.55. The number of carbonyl (C=O) groups excluding carboxylic acids is 4. The van der Waals surface area contributed by atoms with E-state index in [0.29, 0.717) is 38.3 Å². The molecule has 150 valence electrons. The number of likely N-dealkylation sites (tertiary alicyclic amines) is 3. The van der Waals surface area contributed by atoms with Crippen molar-refractivity contribution in [2.24, 2.45) is 11.7 Å². The van der Waals surface area contributed by atoms with Crippen molar-refractivity contribution in [1.82, 2.24) is 14.7 Å². The molecule has 4 unspecified atom stereocenters. The van der Waals surface area contributed by atoms with Gasteiger partial charge in [0.1, 0.15) is 12.1 Å². The predicted octanol–water partition coefficient (Wildman–Crippen LogP) is -0.248. The van der Waals surface area contributed by atoms with E-state index >= 15 is 0 Å². The summed E-state index contributed by atoms with van der Waals surface area (Å²) in [5, 5.41) is 0. The van der Waals surface area contributed by atoms with Crippen LogP contribution in [0.1, 0.15) is 46.5 Å². The van der Waals surface area contributed by atoms with Crippen LogP contribution in [0.15, 0.2) is 0 Å². The van der Waals surface area contributed by atoms with Gasteiger partial charge in [0.15, 0.2) is 5.78 Å². The number of nitrogens with two attached hydrogens (primary N) is 1. The zero-order valence-electron chi connectivity index (χ0n) is 16.4. The molecule has 4 atom stereocenters. The average molecular weight is 378 g/mol. The minimum absolute atomic E-state index is 0.0135. The lowest BCUT2D eigenvalue weighted by Gasteiger charge is -2.30. The summed E-state index contributed by atoms with van der Waals surface area (Å²) in [7, 11) is 0. The number of hydrogen-bond acceptors (Lipinski definition) is 5. The zero-order chi connectivity index (χ0) is 19.9. The van der Waals surface area contributed by atoms with Crippen molar-refractivity contribution in [3.05, 3.63) is 0 Å². The Bertz CT molecular complexity index is 650. The second-order valence-corrected chi connectivity index (χ2v) is 8.37. The first-order valence-corrected chi connectivity index (χ1v) is 9.88. The summed E-state index contributed by atoms with van der Waals surface area (Å²) >= 11 is 0. The highest BCUT2D eigenvalue weighted by atomic mass is 16.2. The summed E-state index contributed by atoms with van der Waals surface area (Å²) in [5.41, 5.74) is 6.04. The molecule has 0 saturated carbocycles. The minimum Gasteiger partial charge on any atom is -0.331 e. The molecule has 0 bridgehead atoms. The number of amides is 3. The molecule has 0 aliphatic carbocycles. The van der Waals surface area contributed by atoms with Crippen LogP contribution in [-0.4, -0.2) is 82.0 Å². The van der Waals surface area contributed by atoms with Crippen molar-refractivity contribution in [3.63, 3.8) is 0 Å². The van der Waals surface area contributed by atoms with E-state index in [9.17, 15) is 19.2 Å². The molecule has 27 heavy (non-hydrogen) atoms. The summed E-state index contributed by atoms with van der Waals surface area (Å²) in [6.45, 7) is 6.51. The van der Waals surface area contributed by atoms with E-state index in [-0.39, 0.29) is 36.1 Å². The van der Waals surface area contributed by atoms with Gasteiger partial charge in [-0.2, -0.15) is 0 Å². The predicted molar refractivity (Wildman–Crippen MR) is 98.5 cm³/mol. The van der Waals surface area contributed by atoms with Gasteiger partial charge in [-0.15, -0.1) is 0 Å². The third-order valence-corrected chi connectivity index (χ3v) is 5.97. The number of nitrogens with zero attached hydrogens (tertiary/aromatic N) is 3. The first-order chi connectivity index (χ1) is 12.7. The molecular weight excluding hydrogens is 348 g/mol. The molecule has 0 spiro atoms.